The van der Waals surface area contributed by atoms with Crippen molar-refractivity contribution >= 4 is 5.97 Å². The fourth-order valence-corrected chi connectivity index (χ4v) is 1.68. The highest BCUT2D eigenvalue weighted by molar-refractivity contribution is 5.90. The second-order valence-corrected chi connectivity index (χ2v) is 3.79. The van der Waals surface area contributed by atoms with Gasteiger partial charge in [-0.05, 0) is 36.4 Å². The van der Waals surface area contributed by atoms with E-state index in [0.29, 0.717) is 5.69 Å². The van der Waals surface area contributed by atoms with Crippen molar-refractivity contribution in [3.05, 3.63) is 42.0 Å². The molecule has 0 bridgehead atoms. The van der Waals surface area contributed by atoms with Crippen LogP contribution in [0.25, 0.3) is 11.3 Å². The lowest BCUT2D eigenvalue weighted by Crippen LogP contribution is -2.02. The van der Waals surface area contributed by atoms with Crippen molar-refractivity contribution in [1.29, 1.82) is 0 Å². The van der Waals surface area contributed by atoms with Gasteiger partial charge in [-0.1, -0.05) is 0 Å². The normalized spacial score (nSPS) is 10.0. The Labute approximate surface area is 110 Å². The lowest BCUT2D eigenvalue weighted by molar-refractivity contribution is 0.0692. The van der Waals surface area contributed by atoms with Crippen LogP contribution in [0.3, 0.4) is 0 Å². The first-order valence-corrected chi connectivity index (χ1v) is 5.58. The van der Waals surface area contributed by atoms with Gasteiger partial charge in [0.05, 0.1) is 19.9 Å². The van der Waals surface area contributed by atoms with Gasteiger partial charge in [-0.3, -0.25) is 0 Å². The predicted molar refractivity (Wildman–Crippen MR) is 69.7 cm³/mol. The SMILES string of the molecule is COc1ccc(-c2ccc(C(=O)O)c(OC)n2)cc1. The van der Waals surface area contributed by atoms with Gasteiger partial charge in [0.15, 0.2) is 0 Å². The molecule has 5 nitrogen and oxygen atoms in total. The van der Waals surface area contributed by atoms with Gasteiger partial charge in [-0.25, -0.2) is 9.78 Å². The van der Waals surface area contributed by atoms with Crippen molar-refractivity contribution < 1.29 is 19.4 Å². The second-order valence-electron chi connectivity index (χ2n) is 3.79. The number of hydrogen-bond acceptors (Lipinski definition) is 4. The van der Waals surface area contributed by atoms with Gasteiger partial charge < -0.3 is 14.6 Å². The highest BCUT2D eigenvalue weighted by atomic mass is 16.5. The first-order chi connectivity index (χ1) is 9.15. The van der Waals surface area contributed by atoms with Crippen molar-refractivity contribution in [2.45, 2.75) is 0 Å². The Morgan fingerprint density at radius 2 is 1.74 bits per heavy atom. The Morgan fingerprint density at radius 1 is 1.05 bits per heavy atom. The van der Waals surface area contributed by atoms with Crippen LogP contribution in [-0.4, -0.2) is 30.3 Å². The zero-order valence-corrected chi connectivity index (χ0v) is 10.6. The number of hydrogen-bond donors (Lipinski definition) is 1. The number of rotatable bonds is 4. The summed E-state index contributed by atoms with van der Waals surface area (Å²) in [5.41, 5.74) is 1.54. The van der Waals surface area contributed by atoms with Crippen LogP contribution in [0.2, 0.25) is 0 Å². The van der Waals surface area contributed by atoms with Gasteiger partial charge in [0.25, 0.3) is 0 Å². The number of ether oxygens (including phenoxy) is 2. The van der Waals surface area contributed by atoms with Crippen LogP contribution in [0.15, 0.2) is 36.4 Å². The van der Waals surface area contributed by atoms with Gasteiger partial charge in [-0.15, -0.1) is 0 Å². The smallest absolute Gasteiger partial charge is 0.341 e. The summed E-state index contributed by atoms with van der Waals surface area (Å²) in [6, 6.07) is 10.5. The zero-order valence-electron chi connectivity index (χ0n) is 10.6. The molecule has 0 radical (unpaired) electrons. The standard InChI is InChI=1S/C14H13NO4/c1-18-10-5-3-9(4-6-10)12-8-7-11(14(16)17)13(15-12)19-2/h3-8H,1-2H3,(H,16,17). The maximum absolute atomic E-state index is 11.0. The molecule has 0 amide bonds. The Balaban J connectivity index is 2.42. The third-order valence-corrected chi connectivity index (χ3v) is 2.67. The molecule has 0 atom stereocenters. The molecule has 0 spiro atoms. The summed E-state index contributed by atoms with van der Waals surface area (Å²) >= 11 is 0. The highest BCUT2D eigenvalue weighted by Gasteiger charge is 2.13. The number of methoxy groups -OCH3 is 2. The lowest BCUT2D eigenvalue weighted by atomic mass is 10.1. The topological polar surface area (TPSA) is 68.7 Å². The summed E-state index contributed by atoms with van der Waals surface area (Å²) < 4.78 is 10.1. The third kappa shape index (κ3) is 2.65. The van der Waals surface area contributed by atoms with E-state index in [9.17, 15) is 4.79 Å². The van der Waals surface area contributed by atoms with Crippen LogP contribution in [0, 0.1) is 0 Å². The molecule has 98 valence electrons. The maximum Gasteiger partial charge on any atom is 0.341 e. The molecule has 0 saturated heterocycles. The number of nitrogens with zero attached hydrogens (tertiary/aromatic N) is 1. The molecule has 1 aromatic carbocycles. The van der Waals surface area contributed by atoms with Crippen molar-refractivity contribution in [3.63, 3.8) is 0 Å². The summed E-state index contributed by atoms with van der Waals surface area (Å²) in [6.45, 7) is 0. The van der Waals surface area contributed by atoms with Crippen molar-refractivity contribution in [3.8, 4) is 22.9 Å². The average Bonchev–Trinajstić information content (AvgIpc) is 2.46. The van der Waals surface area contributed by atoms with E-state index in [-0.39, 0.29) is 11.4 Å². The number of pyridine rings is 1. The maximum atomic E-state index is 11.0. The van der Waals surface area contributed by atoms with Crippen LogP contribution in [0.1, 0.15) is 10.4 Å². The molecule has 5 heteroatoms. The number of aromatic carboxylic acids is 1. The van der Waals surface area contributed by atoms with Crippen LogP contribution >= 0.6 is 0 Å². The number of carbonyl (C=O) groups is 1. The Hall–Kier alpha value is -2.56. The number of carboxylic acids is 1. The van der Waals surface area contributed by atoms with E-state index >= 15 is 0 Å². The average molecular weight is 259 g/mol. The fraction of sp³-hybridized carbons (Fsp3) is 0.143. The van der Waals surface area contributed by atoms with E-state index in [1.807, 2.05) is 24.3 Å². The molecule has 19 heavy (non-hydrogen) atoms. The summed E-state index contributed by atoms with van der Waals surface area (Å²) in [5, 5.41) is 8.99. The second kappa shape index (κ2) is 5.39. The molecular formula is C14H13NO4. The third-order valence-electron chi connectivity index (χ3n) is 2.67. The van der Waals surface area contributed by atoms with Crippen molar-refractivity contribution in [1.82, 2.24) is 4.98 Å². The van der Waals surface area contributed by atoms with Crippen LogP contribution in [-0.2, 0) is 0 Å². The Kier molecular flexibility index (Phi) is 3.66. The summed E-state index contributed by atoms with van der Waals surface area (Å²) in [5.74, 6) is -0.218. The lowest BCUT2D eigenvalue weighted by Gasteiger charge is -2.07. The molecule has 0 aliphatic carbocycles. The van der Waals surface area contributed by atoms with Crippen LogP contribution < -0.4 is 9.47 Å². The minimum absolute atomic E-state index is 0.0414. The number of benzene rings is 1. The quantitative estimate of drug-likeness (QED) is 0.913. The monoisotopic (exact) mass is 259 g/mol. The van der Waals surface area contributed by atoms with E-state index in [0.717, 1.165) is 11.3 Å². The molecule has 0 unspecified atom stereocenters. The van der Waals surface area contributed by atoms with E-state index in [1.165, 1.54) is 13.2 Å². The van der Waals surface area contributed by atoms with Gasteiger partial charge in [0.2, 0.25) is 5.88 Å². The molecule has 0 aliphatic heterocycles. The largest absolute Gasteiger partial charge is 0.497 e. The van der Waals surface area contributed by atoms with Gasteiger partial charge in [0, 0.05) is 5.56 Å². The molecule has 0 aliphatic rings. The number of carboxylic acid groups (broad SMARTS) is 1. The zero-order chi connectivity index (χ0) is 13.8. The molecule has 0 saturated carbocycles. The van der Waals surface area contributed by atoms with Gasteiger partial charge in [0.1, 0.15) is 11.3 Å². The van der Waals surface area contributed by atoms with Gasteiger partial charge >= 0.3 is 5.97 Å². The molecule has 0 fully saturated rings. The van der Waals surface area contributed by atoms with Crippen molar-refractivity contribution in [2.24, 2.45) is 0 Å². The van der Waals surface area contributed by atoms with Crippen molar-refractivity contribution in [2.75, 3.05) is 14.2 Å². The Morgan fingerprint density at radius 3 is 2.26 bits per heavy atom. The van der Waals surface area contributed by atoms with E-state index < -0.39 is 5.97 Å². The van der Waals surface area contributed by atoms with Crippen LogP contribution in [0.4, 0.5) is 0 Å². The number of aromatic nitrogens is 1. The highest BCUT2D eigenvalue weighted by Crippen LogP contribution is 2.24. The first kappa shape index (κ1) is 12.9. The van der Waals surface area contributed by atoms with Crippen LogP contribution in [0.5, 0.6) is 11.6 Å². The van der Waals surface area contributed by atoms with E-state index in [4.69, 9.17) is 14.6 Å². The summed E-state index contributed by atoms with van der Waals surface area (Å²) in [4.78, 5) is 15.2. The molecular weight excluding hydrogens is 246 g/mol. The van der Waals surface area contributed by atoms with E-state index in [1.54, 1.807) is 13.2 Å². The summed E-state index contributed by atoms with van der Waals surface area (Å²) in [6.07, 6.45) is 0. The molecule has 2 rings (SSSR count). The molecule has 1 aromatic heterocycles. The molecule has 1 N–H and O–H groups in total. The first-order valence-electron chi connectivity index (χ1n) is 5.58. The minimum atomic E-state index is -1.06. The molecule has 1 heterocycles. The predicted octanol–water partition coefficient (Wildman–Crippen LogP) is 2.46. The Bertz CT molecular complexity index is 593. The minimum Gasteiger partial charge on any atom is -0.497 e. The summed E-state index contributed by atoms with van der Waals surface area (Å²) in [7, 11) is 2.99. The van der Waals surface area contributed by atoms with E-state index in [2.05, 4.69) is 4.98 Å². The van der Waals surface area contributed by atoms with Gasteiger partial charge in [-0.2, -0.15) is 0 Å². The fourth-order valence-electron chi connectivity index (χ4n) is 1.68. The molecule has 2 aromatic rings.